The lowest BCUT2D eigenvalue weighted by molar-refractivity contribution is -0.148. The molecule has 0 saturated carbocycles. The molecule has 0 spiro atoms. The lowest BCUT2D eigenvalue weighted by atomic mass is 9.94. The Morgan fingerprint density at radius 2 is 2.05 bits per heavy atom. The molecule has 5 nitrogen and oxygen atoms in total. The molecule has 1 heterocycles. The van der Waals surface area contributed by atoms with Crippen LogP contribution in [0.25, 0.3) is 0 Å². The standard InChI is InChI=1S/C15H25N3O2S/c1-12(2)18-15(3,13(19)20-4)8-5-6-11-21-14-16-9-7-10-17-14/h7,9-10,12,18H,5-6,8,11H2,1-4H3. The predicted octanol–water partition coefficient (Wildman–Crippen LogP) is 2.67. The van der Waals surface area contributed by atoms with Crippen molar-refractivity contribution in [3.63, 3.8) is 0 Å². The summed E-state index contributed by atoms with van der Waals surface area (Å²) in [5, 5.41) is 4.11. The van der Waals surface area contributed by atoms with Crippen LogP contribution in [0, 0.1) is 0 Å². The Balaban J connectivity index is 2.35. The maximum Gasteiger partial charge on any atom is 0.325 e. The molecule has 0 radical (unpaired) electrons. The van der Waals surface area contributed by atoms with E-state index in [0.717, 1.165) is 30.2 Å². The molecule has 0 aliphatic rings. The van der Waals surface area contributed by atoms with Crippen molar-refractivity contribution < 1.29 is 9.53 Å². The first kappa shape index (κ1) is 17.9. The average Bonchev–Trinajstić information content (AvgIpc) is 2.46. The summed E-state index contributed by atoms with van der Waals surface area (Å²) < 4.78 is 4.92. The molecule has 118 valence electrons. The van der Waals surface area contributed by atoms with Crippen LogP contribution in [0.1, 0.15) is 40.0 Å². The van der Waals surface area contributed by atoms with Gasteiger partial charge in [0.15, 0.2) is 5.16 Å². The lowest BCUT2D eigenvalue weighted by Crippen LogP contribution is -2.52. The number of nitrogens with one attached hydrogen (secondary N) is 1. The number of thioether (sulfide) groups is 1. The number of hydrogen-bond donors (Lipinski definition) is 1. The van der Waals surface area contributed by atoms with Gasteiger partial charge in [0, 0.05) is 24.2 Å². The zero-order valence-corrected chi connectivity index (χ0v) is 14.1. The molecule has 0 saturated heterocycles. The van der Waals surface area contributed by atoms with Crippen LogP contribution >= 0.6 is 11.8 Å². The van der Waals surface area contributed by atoms with E-state index in [-0.39, 0.29) is 12.0 Å². The summed E-state index contributed by atoms with van der Waals surface area (Å²) in [7, 11) is 1.44. The second kappa shape index (κ2) is 9.00. The third-order valence-corrected chi connectivity index (χ3v) is 4.05. The van der Waals surface area contributed by atoms with E-state index in [1.165, 1.54) is 7.11 Å². The number of methoxy groups -OCH3 is 1. The van der Waals surface area contributed by atoms with Crippen LogP contribution in [0.3, 0.4) is 0 Å². The van der Waals surface area contributed by atoms with Gasteiger partial charge in [-0.1, -0.05) is 18.2 Å². The van der Waals surface area contributed by atoms with Gasteiger partial charge in [-0.3, -0.25) is 10.1 Å². The Morgan fingerprint density at radius 3 is 2.62 bits per heavy atom. The minimum absolute atomic E-state index is 0.199. The monoisotopic (exact) mass is 311 g/mol. The normalized spacial score (nSPS) is 14.0. The molecule has 0 fully saturated rings. The van der Waals surface area contributed by atoms with E-state index in [1.807, 2.05) is 26.8 Å². The van der Waals surface area contributed by atoms with E-state index in [2.05, 4.69) is 15.3 Å². The molecule has 1 N–H and O–H groups in total. The first-order valence-electron chi connectivity index (χ1n) is 7.24. The highest BCUT2D eigenvalue weighted by molar-refractivity contribution is 7.99. The van der Waals surface area contributed by atoms with Crippen LogP contribution in [0.2, 0.25) is 0 Å². The Bertz CT molecular complexity index is 428. The van der Waals surface area contributed by atoms with Crippen molar-refractivity contribution in [2.24, 2.45) is 0 Å². The van der Waals surface area contributed by atoms with Gasteiger partial charge in [0.25, 0.3) is 0 Å². The predicted molar refractivity (Wildman–Crippen MR) is 85.3 cm³/mol. The fourth-order valence-corrected chi connectivity index (χ4v) is 3.00. The molecule has 1 aromatic rings. The molecule has 1 unspecified atom stereocenters. The molecule has 0 aromatic carbocycles. The van der Waals surface area contributed by atoms with Crippen molar-refractivity contribution >= 4 is 17.7 Å². The number of rotatable bonds is 9. The van der Waals surface area contributed by atoms with Crippen LogP contribution in [0.15, 0.2) is 23.6 Å². The highest BCUT2D eigenvalue weighted by Gasteiger charge is 2.33. The van der Waals surface area contributed by atoms with Gasteiger partial charge in [0.05, 0.1) is 7.11 Å². The Labute approximate surface area is 131 Å². The molecule has 0 amide bonds. The van der Waals surface area contributed by atoms with Crippen molar-refractivity contribution in [1.29, 1.82) is 0 Å². The first-order chi connectivity index (χ1) is 9.98. The van der Waals surface area contributed by atoms with E-state index < -0.39 is 5.54 Å². The summed E-state index contributed by atoms with van der Waals surface area (Å²) in [4.78, 5) is 20.3. The van der Waals surface area contributed by atoms with Gasteiger partial charge >= 0.3 is 5.97 Å². The molecular formula is C15H25N3O2S. The molecule has 21 heavy (non-hydrogen) atoms. The third kappa shape index (κ3) is 6.44. The third-order valence-electron chi connectivity index (χ3n) is 3.09. The van der Waals surface area contributed by atoms with Crippen LogP contribution < -0.4 is 5.32 Å². The summed E-state index contributed by atoms with van der Waals surface area (Å²) in [6, 6.07) is 2.05. The molecule has 0 aliphatic carbocycles. The van der Waals surface area contributed by atoms with E-state index >= 15 is 0 Å². The molecule has 0 aliphatic heterocycles. The number of ether oxygens (including phenoxy) is 1. The Morgan fingerprint density at radius 1 is 1.38 bits per heavy atom. The van der Waals surface area contributed by atoms with Gasteiger partial charge in [-0.15, -0.1) is 0 Å². The molecule has 6 heteroatoms. The first-order valence-corrected chi connectivity index (χ1v) is 8.22. The Kier molecular flexibility index (Phi) is 7.67. The number of carbonyl (C=O) groups is 1. The summed E-state index contributed by atoms with van der Waals surface area (Å²) in [6.45, 7) is 5.97. The summed E-state index contributed by atoms with van der Waals surface area (Å²) in [5.41, 5.74) is -0.614. The number of nitrogens with zero attached hydrogens (tertiary/aromatic N) is 2. The van der Waals surface area contributed by atoms with Crippen molar-refractivity contribution in [1.82, 2.24) is 15.3 Å². The minimum atomic E-state index is -0.614. The van der Waals surface area contributed by atoms with Gasteiger partial charge in [-0.05, 0) is 39.7 Å². The van der Waals surface area contributed by atoms with Gasteiger partial charge in [0.1, 0.15) is 5.54 Å². The fraction of sp³-hybridized carbons (Fsp3) is 0.667. The van der Waals surface area contributed by atoms with Gasteiger partial charge in [0.2, 0.25) is 0 Å². The topological polar surface area (TPSA) is 64.1 Å². The van der Waals surface area contributed by atoms with E-state index in [9.17, 15) is 4.79 Å². The average molecular weight is 311 g/mol. The largest absolute Gasteiger partial charge is 0.468 e. The van der Waals surface area contributed by atoms with Crippen LogP contribution in [-0.4, -0.2) is 40.4 Å². The molecule has 1 rings (SSSR count). The number of carbonyl (C=O) groups excluding carboxylic acids is 1. The van der Waals surface area contributed by atoms with Gasteiger partial charge in [-0.25, -0.2) is 9.97 Å². The second-order valence-corrected chi connectivity index (χ2v) is 6.52. The maximum absolute atomic E-state index is 11.9. The summed E-state index contributed by atoms with van der Waals surface area (Å²) in [5.74, 6) is 0.749. The smallest absolute Gasteiger partial charge is 0.325 e. The highest BCUT2D eigenvalue weighted by Crippen LogP contribution is 2.19. The van der Waals surface area contributed by atoms with E-state index in [0.29, 0.717) is 0 Å². The van der Waals surface area contributed by atoms with Gasteiger partial charge in [-0.2, -0.15) is 0 Å². The quantitative estimate of drug-likeness (QED) is 0.327. The van der Waals surface area contributed by atoms with Crippen molar-refractivity contribution in [3.8, 4) is 0 Å². The molecule has 1 atom stereocenters. The summed E-state index contributed by atoms with van der Waals surface area (Å²) >= 11 is 1.64. The molecular weight excluding hydrogens is 286 g/mol. The van der Waals surface area contributed by atoms with E-state index in [4.69, 9.17) is 4.74 Å². The SMILES string of the molecule is COC(=O)C(C)(CCCCSc1ncccn1)NC(C)C. The van der Waals surface area contributed by atoms with Gasteiger partial charge < -0.3 is 4.74 Å². The maximum atomic E-state index is 11.9. The van der Waals surface area contributed by atoms with Crippen molar-refractivity contribution in [2.75, 3.05) is 12.9 Å². The zero-order chi connectivity index (χ0) is 15.7. The lowest BCUT2D eigenvalue weighted by Gasteiger charge is -2.30. The fourth-order valence-electron chi connectivity index (χ4n) is 2.20. The van der Waals surface area contributed by atoms with Crippen LogP contribution in [0.4, 0.5) is 0 Å². The van der Waals surface area contributed by atoms with Crippen LogP contribution in [0.5, 0.6) is 0 Å². The van der Waals surface area contributed by atoms with Crippen LogP contribution in [-0.2, 0) is 9.53 Å². The number of aromatic nitrogens is 2. The highest BCUT2D eigenvalue weighted by atomic mass is 32.2. The zero-order valence-electron chi connectivity index (χ0n) is 13.3. The number of hydrogen-bond acceptors (Lipinski definition) is 6. The molecule has 1 aromatic heterocycles. The Hall–Kier alpha value is -1.14. The molecule has 0 bridgehead atoms. The summed E-state index contributed by atoms with van der Waals surface area (Å²) in [6.07, 6.45) is 6.21. The second-order valence-electron chi connectivity index (χ2n) is 5.46. The van der Waals surface area contributed by atoms with E-state index in [1.54, 1.807) is 24.2 Å². The number of esters is 1. The van der Waals surface area contributed by atoms with Crippen molar-refractivity contribution in [2.45, 2.75) is 56.8 Å². The number of unbranched alkanes of at least 4 members (excludes halogenated alkanes) is 1. The van der Waals surface area contributed by atoms with Crippen molar-refractivity contribution in [3.05, 3.63) is 18.5 Å². The minimum Gasteiger partial charge on any atom is -0.468 e.